The fourth-order valence-electron chi connectivity index (χ4n) is 3.24. The number of hydrogen-bond donors (Lipinski definition) is 0. The normalized spacial score (nSPS) is 14.8. The summed E-state index contributed by atoms with van der Waals surface area (Å²) in [5, 5.41) is 0. The van der Waals surface area contributed by atoms with Crippen LogP contribution < -0.4 is 0 Å². The van der Waals surface area contributed by atoms with E-state index >= 15 is 0 Å². The molecule has 32 heavy (non-hydrogen) atoms. The minimum Gasteiger partial charge on any atom is -0.336 e. The number of likely N-dealkylation sites (N-methyl/N-ethyl adjacent to an activating group) is 1. The molecule has 0 saturated heterocycles. The lowest BCUT2D eigenvalue weighted by atomic mass is 10.1. The maximum Gasteiger partial charge on any atom is 0.136 e. The Morgan fingerprint density at radius 2 is 1.78 bits per heavy atom. The molecule has 0 unspecified atom stereocenters. The van der Waals surface area contributed by atoms with Gasteiger partial charge in [0, 0.05) is 32.1 Å². The molecule has 0 amide bonds. The molecule has 1 aromatic rings. The largest absolute Gasteiger partial charge is 0.336 e. The van der Waals surface area contributed by atoms with Crippen molar-refractivity contribution in [3.8, 4) is 0 Å². The van der Waals surface area contributed by atoms with E-state index in [1.165, 1.54) is 11.3 Å². The zero-order chi connectivity index (χ0) is 23.7. The summed E-state index contributed by atoms with van der Waals surface area (Å²) in [6, 6.07) is 10.2. The van der Waals surface area contributed by atoms with Gasteiger partial charge < -0.3 is 9.80 Å². The van der Waals surface area contributed by atoms with Gasteiger partial charge in [0.1, 0.15) is 11.7 Å². The van der Waals surface area contributed by atoms with Gasteiger partial charge in [-0.2, -0.15) is 0 Å². The quantitative estimate of drug-likeness (QED) is 0.380. The molecule has 0 saturated carbocycles. The highest BCUT2D eigenvalue weighted by Crippen LogP contribution is 2.25. The van der Waals surface area contributed by atoms with Gasteiger partial charge in [0.15, 0.2) is 0 Å². The lowest BCUT2D eigenvalue weighted by Gasteiger charge is -2.30. The zero-order valence-corrected chi connectivity index (χ0v) is 20.4. The Balaban J connectivity index is 2.32. The van der Waals surface area contributed by atoms with Crippen LogP contribution in [0.4, 0.5) is 0 Å². The molecule has 168 valence electrons. The van der Waals surface area contributed by atoms with E-state index in [-0.39, 0.29) is 0 Å². The Labute approximate surface area is 194 Å². The van der Waals surface area contributed by atoms with Gasteiger partial charge in [-0.25, -0.2) is 4.99 Å². The van der Waals surface area contributed by atoms with Crippen LogP contribution >= 0.6 is 0 Å². The van der Waals surface area contributed by atoms with Crippen LogP contribution in [0.1, 0.15) is 45.6 Å². The minimum atomic E-state index is 0.864. The van der Waals surface area contributed by atoms with Crippen molar-refractivity contribution in [1.29, 1.82) is 0 Å². The first kappa shape index (κ1) is 24.9. The molecule has 0 aromatic heterocycles. The number of unbranched alkanes of at least 4 members (excludes halogenated alkanes) is 1. The third kappa shape index (κ3) is 7.12. The monoisotopic (exact) mass is 427 g/mol. The molecule has 0 radical (unpaired) electrons. The van der Waals surface area contributed by atoms with E-state index in [0.29, 0.717) is 0 Å². The highest BCUT2D eigenvalue weighted by Gasteiger charge is 2.18. The highest BCUT2D eigenvalue weighted by atomic mass is 15.3. The Bertz CT molecular complexity index is 996. The molecular formula is C29H37N3. The van der Waals surface area contributed by atoms with Gasteiger partial charge in [-0.3, -0.25) is 0 Å². The summed E-state index contributed by atoms with van der Waals surface area (Å²) in [5.41, 5.74) is 6.27. The van der Waals surface area contributed by atoms with E-state index in [2.05, 4.69) is 70.7 Å². The van der Waals surface area contributed by atoms with E-state index in [0.717, 1.165) is 53.2 Å². The van der Waals surface area contributed by atoms with Crippen LogP contribution in [0.15, 0.2) is 114 Å². The molecule has 2 rings (SSSR count). The highest BCUT2D eigenvalue weighted by molar-refractivity contribution is 5.96. The molecule has 3 heteroatoms. The molecule has 0 atom stereocenters. The van der Waals surface area contributed by atoms with Crippen molar-refractivity contribution >= 4 is 11.4 Å². The third-order valence-electron chi connectivity index (χ3n) is 5.27. The average Bonchev–Trinajstić information content (AvgIpc) is 2.77. The van der Waals surface area contributed by atoms with E-state index in [1.54, 1.807) is 0 Å². The van der Waals surface area contributed by atoms with E-state index in [1.807, 2.05) is 54.6 Å². The molecule has 1 aliphatic heterocycles. The number of amidine groups is 1. The van der Waals surface area contributed by atoms with E-state index in [9.17, 15) is 0 Å². The molecule has 1 aromatic carbocycles. The lowest BCUT2D eigenvalue weighted by Crippen LogP contribution is -2.28. The van der Waals surface area contributed by atoms with E-state index in [4.69, 9.17) is 4.99 Å². The maximum absolute atomic E-state index is 4.92. The molecule has 0 aliphatic carbocycles. The van der Waals surface area contributed by atoms with Crippen LogP contribution in [0.3, 0.4) is 0 Å². The minimum absolute atomic E-state index is 0.864. The Hall–Kier alpha value is -3.33. The van der Waals surface area contributed by atoms with Crippen molar-refractivity contribution in [2.45, 2.75) is 40.0 Å². The molecule has 0 spiro atoms. The van der Waals surface area contributed by atoms with Gasteiger partial charge in [0.2, 0.25) is 0 Å². The second-order valence-corrected chi connectivity index (χ2v) is 8.36. The number of rotatable bonds is 9. The first-order valence-corrected chi connectivity index (χ1v) is 11.2. The molecule has 0 N–H and O–H groups in total. The van der Waals surface area contributed by atoms with Gasteiger partial charge in [-0.05, 0) is 61.1 Å². The van der Waals surface area contributed by atoms with Crippen molar-refractivity contribution < 1.29 is 0 Å². The van der Waals surface area contributed by atoms with Crippen molar-refractivity contribution in [2.24, 2.45) is 4.99 Å². The second kappa shape index (κ2) is 11.9. The summed E-state index contributed by atoms with van der Waals surface area (Å²) in [5.74, 6) is 1.75. The number of nitrogens with zero attached hydrogens (tertiary/aromatic N) is 3. The van der Waals surface area contributed by atoms with Crippen molar-refractivity contribution in [1.82, 2.24) is 9.80 Å². The smallest absolute Gasteiger partial charge is 0.136 e. The van der Waals surface area contributed by atoms with Gasteiger partial charge in [0.05, 0.1) is 0 Å². The molecular weight excluding hydrogens is 390 g/mol. The zero-order valence-electron chi connectivity index (χ0n) is 20.4. The molecule has 3 nitrogen and oxygen atoms in total. The standard InChI is InChI=1S/C29H37N3/c1-9-10-16-27-21-28(31(7)18-17-23(4)26-14-12-11-13-15-26)30-29(32(27)8)20-25(6)24(5)19-22(2)3/h11-15,17-21H,4-6,9-10,16H2,1-3,7-8H3/b18-17-,29-20-. The average molecular weight is 428 g/mol. The molecule has 0 bridgehead atoms. The first-order chi connectivity index (χ1) is 15.2. The SMILES string of the molecule is C=C(C=C(C)C)C(=C)/C=C1/N=C(N(C)/C=C\C(=C)c2ccccc2)C=C(CCCC)N1C. The van der Waals surface area contributed by atoms with Crippen LogP contribution in [-0.4, -0.2) is 29.7 Å². The summed E-state index contributed by atoms with van der Waals surface area (Å²) in [6.45, 7) is 18.9. The first-order valence-electron chi connectivity index (χ1n) is 11.2. The van der Waals surface area contributed by atoms with Crippen LogP contribution in [0.5, 0.6) is 0 Å². The number of allylic oxidation sites excluding steroid dienone is 8. The van der Waals surface area contributed by atoms with Crippen molar-refractivity contribution in [3.63, 3.8) is 0 Å². The third-order valence-corrected chi connectivity index (χ3v) is 5.27. The fraction of sp³-hybridized carbons (Fsp3) is 0.276. The lowest BCUT2D eigenvalue weighted by molar-refractivity contribution is 0.471. The van der Waals surface area contributed by atoms with Gasteiger partial charge in [-0.15, -0.1) is 0 Å². The van der Waals surface area contributed by atoms with Crippen LogP contribution in [0.25, 0.3) is 5.57 Å². The van der Waals surface area contributed by atoms with Crippen LogP contribution in [0.2, 0.25) is 0 Å². The van der Waals surface area contributed by atoms with Crippen LogP contribution in [-0.2, 0) is 0 Å². The summed E-state index contributed by atoms with van der Waals surface area (Å²) < 4.78 is 0. The maximum atomic E-state index is 4.92. The summed E-state index contributed by atoms with van der Waals surface area (Å²) in [4.78, 5) is 9.11. The predicted molar refractivity (Wildman–Crippen MR) is 141 cm³/mol. The van der Waals surface area contributed by atoms with Gasteiger partial charge in [0.25, 0.3) is 0 Å². The number of hydrogen-bond acceptors (Lipinski definition) is 3. The summed E-state index contributed by atoms with van der Waals surface area (Å²) in [6.07, 6.45) is 13.5. The number of benzene rings is 1. The van der Waals surface area contributed by atoms with Crippen LogP contribution in [0, 0.1) is 0 Å². The summed E-state index contributed by atoms with van der Waals surface area (Å²) >= 11 is 0. The Kier molecular flexibility index (Phi) is 9.27. The van der Waals surface area contributed by atoms with Gasteiger partial charge in [-0.1, -0.05) is 75.1 Å². The topological polar surface area (TPSA) is 18.8 Å². The molecule has 1 aliphatic rings. The van der Waals surface area contributed by atoms with Crippen molar-refractivity contribution in [3.05, 3.63) is 114 Å². The summed E-state index contributed by atoms with van der Waals surface area (Å²) in [7, 11) is 4.08. The molecule has 1 heterocycles. The predicted octanol–water partition coefficient (Wildman–Crippen LogP) is 7.48. The van der Waals surface area contributed by atoms with Gasteiger partial charge >= 0.3 is 0 Å². The number of aliphatic imine (C=N–C) groups is 1. The second-order valence-electron chi connectivity index (χ2n) is 8.36. The molecule has 0 fully saturated rings. The Morgan fingerprint density at radius 3 is 2.41 bits per heavy atom. The van der Waals surface area contributed by atoms with Crippen molar-refractivity contribution in [2.75, 3.05) is 14.1 Å². The Morgan fingerprint density at radius 1 is 1.09 bits per heavy atom. The fourth-order valence-corrected chi connectivity index (χ4v) is 3.24. The van der Waals surface area contributed by atoms with E-state index < -0.39 is 0 Å².